The van der Waals surface area contributed by atoms with Crippen molar-refractivity contribution in [1.29, 1.82) is 0 Å². The van der Waals surface area contributed by atoms with Crippen molar-refractivity contribution in [3.8, 4) is 5.75 Å². The predicted molar refractivity (Wildman–Crippen MR) is 79.2 cm³/mol. The lowest BCUT2D eigenvalue weighted by Gasteiger charge is -2.07. The van der Waals surface area contributed by atoms with Crippen LogP contribution < -0.4 is 10.1 Å². The summed E-state index contributed by atoms with van der Waals surface area (Å²) in [5.74, 6) is -1.67. The molecule has 0 unspecified atom stereocenters. The van der Waals surface area contributed by atoms with E-state index in [1.807, 2.05) is 0 Å². The van der Waals surface area contributed by atoms with Crippen molar-refractivity contribution in [1.82, 2.24) is 10.3 Å². The number of ether oxygens (including phenoxy) is 2. The van der Waals surface area contributed by atoms with Crippen LogP contribution in [0.3, 0.4) is 0 Å². The molecule has 2 rings (SSSR count). The second kappa shape index (κ2) is 6.30. The summed E-state index contributed by atoms with van der Waals surface area (Å²) in [6.45, 7) is 1.72. The third-order valence-corrected chi connectivity index (χ3v) is 3.19. The van der Waals surface area contributed by atoms with Crippen molar-refractivity contribution in [2.24, 2.45) is 0 Å². The molecule has 2 aromatic rings. The lowest BCUT2D eigenvalue weighted by atomic mass is 10.0. The molecule has 7 nitrogen and oxygen atoms in total. The summed E-state index contributed by atoms with van der Waals surface area (Å²) in [5, 5.41) is 2.89. The second-order valence-electron chi connectivity index (χ2n) is 4.40. The highest BCUT2D eigenvalue weighted by Crippen LogP contribution is 2.31. The number of carbonyl (C=O) groups is 3. The summed E-state index contributed by atoms with van der Waals surface area (Å²) >= 11 is 0. The fourth-order valence-electron chi connectivity index (χ4n) is 2.20. The van der Waals surface area contributed by atoms with E-state index in [1.165, 1.54) is 20.4 Å². The van der Waals surface area contributed by atoms with Crippen LogP contribution in [0.4, 0.5) is 0 Å². The van der Waals surface area contributed by atoms with Crippen molar-refractivity contribution in [2.45, 2.75) is 6.92 Å². The van der Waals surface area contributed by atoms with Crippen LogP contribution >= 0.6 is 0 Å². The Hall–Kier alpha value is -2.83. The van der Waals surface area contributed by atoms with Crippen LogP contribution in [0.25, 0.3) is 10.9 Å². The van der Waals surface area contributed by atoms with Gasteiger partial charge < -0.3 is 19.8 Å². The summed E-state index contributed by atoms with van der Waals surface area (Å²) in [5.41, 5.74) is 0.878. The molecule has 0 atom stereocenters. The number of Topliss-reactive ketones (excluding diaryl/α,β-unsaturated/α-hetero) is 1. The highest BCUT2D eigenvalue weighted by molar-refractivity contribution is 6.43. The van der Waals surface area contributed by atoms with Gasteiger partial charge in [0.15, 0.2) is 0 Å². The van der Waals surface area contributed by atoms with Crippen LogP contribution in [0.1, 0.15) is 27.6 Å². The minimum Gasteiger partial charge on any atom is -0.496 e. The minimum absolute atomic E-state index is 0.105. The summed E-state index contributed by atoms with van der Waals surface area (Å²) in [4.78, 5) is 38.6. The molecule has 1 heterocycles. The first-order chi connectivity index (χ1) is 10.5. The number of ketones is 1. The molecule has 1 aromatic heterocycles. The molecular weight excluding hydrogens is 288 g/mol. The summed E-state index contributed by atoms with van der Waals surface area (Å²) in [7, 11) is 2.95. The molecule has 0 fully saturated rings. The average Bonchev–Trinajstić information content (AvgIpc) is 2.97. The molecule has 0 aliphatic rings. The number of nitrogens with one attached hydrogen (secondary N) is 2. The maximum atomic E-state index is 12.2. The van der Waals surface area contributed by atoms with E-state index in [9.17, 15) is 14.4 Å². The first-order valence-electron chi connectivity index (χ1n) is 6.66. The number of hydrogen-bond acceptors (Lipinski definition) is 5. The Labute approximate surface area is 126 Å². The first kappa shape index (κ1) is 15.6. The van der Waals surface area contributed by atoms with Gasteiger partial charge in [-0.3, -0.25) is 9.59 Å². The molecular formula is C15H16N2O5. The van der Waals surface area contributed by atoms with Crippen LogP contribution in [0.15, 0.2) is 18.3 Å². The summed E-state index contributed by atoms with van der Waals surface area (Å²) in [6.07, 6.45) is 1.37. The fourth-order valence-corrected chi connectivity index (χ4v) is 2.20. The monoisotopic (exact) mass is 304 g/mol. The lowest BCUT2D eigenvalue weighted by molar-refractivity contribution is -0.137. The zero-order valence-electron chi connectivity index (χ0n) is 12.5. The van der Waals surface area contributed by atoms with E-state index in [0.717, 1.165) is 0 Å². The Morgan fingerprint density at radius 3 is 2.55 bits per heavy atom. The van der Waals surface area contributed by atoms with E-state index in [-0.39, 0.29) is 18.1 Å². The van der Waals surface area contributed by atoms with Gasteiger partial charge in [0, 0.05) is 13.2 Å². The number of aromatic nitrogens is 1. The number of fused-ring (bicyclic) bond motifs is 1. The molecule has 0 aliphatic heterocycles. The van der Waals surface area contributed by atoms with E-state index < -0.39 is 11.8 Å². The van der Waals surface area contributed by atoms with E-state index >= 15 is 0 Å². The number of carbonyl (C=O) groups excluding carboxylic acids is 3. The van der Waals surface area contributed by atoms with Gasteiger partial charge in [-0.25, -0.2) is 4.79 Å². The lowest BCUT2D eigenvalue weighted by Crippen LogP contribution is -2.18. The normalized spacial score (nSPS) is 10.3. The van der Waals surface area contributed by atoms with Crippen LogP contribution in [0, 0.1) is 0 Å². The Balaban J connectivity index is 2.65. The van der Waals surface area contributed by atoms with Gasteiger partial charge in [0.1, 0.15) is 5.75 Å². The molecule has 0 saturated heterocycles. The van der Waals surface area contributed by atoms with Gasteiger partial charge in [0.2, 0.25) is 0 Å². The average molecular weight is 304 g/mol. The molecule has 2 N–H and O–H groups in total. The SMILES string of the molecule is CCOC(=O)C(=O)c1c[nH]c2c(C(=O)NC)ccc(OC)c12. The van der Waals surface area contributed by atoms with Crippen LogP contribution in [-0.2, 0) is 9.53 Å². The maximum Gasteiger partial charge on any atom is 0.379 e. The van der Waals surface area contributed by atoms with Gasteiger partial charge in [-0.05, 0) is 19.1 Å². The zero-order chi connectivity index (χ0) is 16.3. The highest BCUT2D eigenvalue weighted by Gasteiger charge is 2.25. The largest absolute Gasteiger partial charge is 0.496 e. The van der Waals surface area contributed by atoms with E-state index in [1.54, 1.807) is 19.1 Å². The third-order valence-electron chi connectivity index (χ3n) is 3.19. The second-order valence-corrected chi connectivity index (χ2v) is 4.40. The van der Waals surface area contributed by atoms with Gasteiger partial charge in [-0.1, -0.05) is 0 Å². The number of aromatic amines is 1. The Bertz CT molecular complexity index is 748. The smallest absolute Gasteiger partial charge is 0.379 e. The number of amides is 1. The number of H-pyrrole nitrogens is 1. The van der Waals surface area contributed by atoms with Gasteiger partial charge >= 0.3 is 5.97 Å². The summed E-state index contributed by atoms with van der Waals surface area (Å²) < 4.78 is 9.95. The number of rotatable bonds is 5. The van der Waals surface area contributed by atoms with E-state index in [2.05, 4.69) is 10.3 Å². The topological polar surface area (TPSA) is 97.5 Å². The molecule has 0 saturated carbocycles. The number of hydrogen-bond donors (Lipinski definition) is 2. The molecule has 0 bridgehead atoms. The molecule has 1 amide bonds. The van der Waals surface area contributed by atoms with Crippen molar-refractivity contribution in [2.75, 3.05) is 20.8 Å². The fraction of sp³-hybridized carbons (Fsp3) is 0.267. The Morgan fingerprint density at radius 2 is 1.95 bits per heavy atom. The molecule has 116 valence electrons. The zero-order valence-corrected chi connectivity index (χ0v) is 12.5. The van der Waals surface area contributed by atoms with E-state index in [4.69, 9.17) is 9.47 Å². The van der Waals surface area contributed by atoms with E-state index in [0.29, 0.717) is 22.2 Å². The number of esters is 1. The van der Waals surface area contributed by atoms with Gasteiger partial charge in [-0.2, -0.15) is 0 Å². The Kier molecular flexibility index (Phi) is 4.45. The van der Waals surface area contributed by atoms with Crippen LogP contribution in [-0.4, -0.2) is 43.4 Å². The predicted octanol–water partition coefficient (Wildman–Crippen LogP) is 1.28. The van der Waals surface area contributed by atoms with Crippen LogP contribution in [0.5, 0.6) is 5.75 Å². The molecule has 0 radical (unpaired) electrons. The van der Waals surface area contributed by atoms with Crippen molar-refractivity contribution in [3.63, 3.8) is 0 Å². The van der Waals surface area contributed by atoms with Crippen molar-refractivity contribution >= 4 is 28.6 Å². The number of methoxy groups -OCH3 is 1. The van der Waals surface area contributed by atoms with Gasteiger partial charge in [-0.15, -0.1) is 0 Å². The first-order valence-corrected chi connectivity index (χ1v) is 6.66. The van der Waals surface area contributed by atoms with Gasteiger partial charge in [0.05, 0.1) is 35.7 Å². The third kappa shape index (κ3) is 2.52. The molecule has 1 aromatic carbocycles. The minimum atomic E-state index is -0.948. The summed E-state index contributed by atoms with van der Waals surface area (Å²) in [6, 6.07) is 3.15. The number of benzene rings is 1. The van der Waals surface area contributed by atoms with Crippen LogP contribution in [0.2, 0.25) is 0 Å². The maximum absolute atomic E-state index is 12.2. The van der Waals surface area contributed by atoms with Gasteiger partial charge in [0.25, 0.3) is 11.7 Å². The van der Waals surface area contributed by atoms with Crippen molar-refractivity contribution in [3.05, 3.63) is 29.5 Å². The standard InChI is InChI=1S/C15H16N2O5/c1-4-22-15(20)13(18)9-7-17-12-8(14(19)16-2)5-6-10(21-3)11(9)12/h5-7,17H,4H2,1-3H3,(H,16,19). The quantitative estimate of drug-likeness (QED) is 0.493. The molecule has 22 heavy (non-hydrogen) atoms. The molecule has 0 spiro atoms. The molecule has 0 aliphatic carbocycles. The molecule has 7 heteroatoms. The Morgan fingerprint density at radius 1 is 1.23 bits per heavy atom. The van der Waals surface area contributed by atoms with Crippen molar-refractivity contribution < 1.29 is 23.9 Å². The highest BCUT2D eigenvalue weighted by atomic mass is 16.5.